The summed E-state index contributed by atoms with van der Waals surface area (Å²) in [6.45, 7) is 12.0. The quantitative estimate of drug-likeness (QED) is 0.358. The molecule has 0 saturated heterocycles. The summed E-state index contributed by atoms with van der Waals surface area (Å²) >= 11 is 0. The molecule has 1 aromatic carbocycles. The average molecular weight is 579 g/mol. The average Bonchev–Trinajstić information content (AvgIpc) is 3.39. The number of nitrogens with one attached hydrogen (secondary N) is 1. The molecule has 1 amide bonds. The third kappa shape index (κ3) is 5.75. The number of carbonyl (C=O) groups is 2. The van der Waals surface area contributed by atoms with Crippen molar-refractivity contribution in [2.45, 2.75) is 124 Å². The molecule has 0 bridgehead atoms. The van der Waals surface area contributed by atoms with Crippen LogP contribution in [0.15, 0.2) is 24.3 Å². The monoisotopic (exact) mass is 578 g/mol. The predicted octanol–water partition coefficient (Wildman–Crippen LogP) is 8.16. The SMILES string of the molecule is CC(=O)OC1CCC2(C)C3CCC4(C(=O)NCc5ccc(N(C)C)cc5)CCCC4C3CCCC(C)CCC2C1(C)C. The molecule has 42 heavy (non-hydrogen) atoms. The summed E-state index contributed by atoms with van der Waals surface area (Å²) < 4.78 is 6.00. The Balaban J connectivity index is 1.40. The van der Waals surface area contributed by atoms with Crippen LogP contribution in [0.5, 0.6) is 0 Å². The number of fused-ring (bicyclic) bond motifs is 5. The van der Waals surface area contributed by atoms with Gasteiger partial charge in [-0.2, -0.15) is 0 Å². The van der Waals surface area contributed by atoms with Crippen LogP contribution >= 0.6 is 0 Å². The summed E-state index contributed by atoms with van der Waals surface area (Å²) in [7, 11) is 4.11. The maximum Gasteiger partial charge on any atom is 0.302 e. The fourth-order valence-corrected chi connectivity index (χ4v) is 10.7. The highest BCUT2D eigenvalue weighted by atomic mass is 16.5. The molecule has 234 valence electrons. The summed E-state index contributed by atoms with van der Waals surface area (Å²) in [4.78, 5) is 28.4. The molecule has 0 spiro atoms. The minimum atomic E-state index is -0.212. The van der Waals surface area contributed by atoms with Crippen molar-refractivity contribution in [2.75, 3.05) is 19.0 Å². The fraction of sp³-hybridized carbons (Fsp3) is 0.784. The van der Waals surface area contributed by atoms with E-state index >= 15 is 0 Å². The lowest BCUT2D eigenvalue weighted by Crippen LogP contribution is -2.58. The predicted molar refractivity (Wildman–Crippen MR) is 171 cm³/mol. The van der Waals surface area contributed by atoms with E-state index < -0.39 is 0 Å². The van der Waals surface area contributed by atoms with Crippen LogP contribution < -0.4 is 10.2 Å². The molecule has 8 unspecified atom stereocenters. The Morgan fingerprint density at radius 3 is 2.31 bits per heavy atom. The van der Waals surface area contributed by atoms with Crippen LogP contribution in [0.2, 0.25) is 0 Å². The fourth-order valence-electron chi connectivity index (χ4n) is 10.7. The zero-order valence-electron chi connectivity index (χ0n) is 27.6. The second kappa shape index (κ2) is 12.2. The van der Waals surface area contributed by atoms with Gasteiger partial charge in [0.25, 0.3) is 0 Å². The molecule has 0 heterocycles. The van der Waals surface area contributed by atoms with Crippen molar-refractivity contribution in [3.63, 3.8) is 0 Å². The number of benzene rings is 1. The van der Waals surface area contributed by atoms with Crippen molar-refractivity contribution in [3.8, 4) is 0 Å². The van der Waals surface area contributed by atoms with Gasteiger partial charge in [0.2, 0.25) is 5.91 Å². The smallest absolute Gasteiger partial charge is 0.302 e. The number of carbonyl (C=O) groups excluding carboxylic acids is 2. The van der Waals surface area contributed by atoms with Crippen molar-refractivity contribution in [2.24, 2.45) is 45.8 Å². The van der Waals surface area contributed by atoms with Crippen LogP contribution in [0.25, 0.3) is 0 Å². The number of ether oxygens (including phenoxy) is 1. The maximum atomic E-state index is 14.2. The molecule has 1 N–H and O–H groups in total. The van der Waals surface area contributed by atoms with Gasteiger partial charge in [-0.05, 0) is 104 Å². The van der Waals surface area contributed by atoms with Crippen LogP contribution in [0.3, 0.4) is 0 Å². The van der Waals surface area contributed by atoms with Gasteiger partial charge in [0.1, 0.15) is 6.10 Å². The third-order valence-electron chi connectivity index (χ3n) is 12.9. The van der Waals surface area contributed by atoms with Crippen molar-refractivity contribution >= 4 is 17.6 Å². The minimum Gasteiger partial charge on any atom is -0.462 e. The molecule has 0 aliphatic heterocycles. The molecule has 5 rings (SSSR count). The van der Waals surface area contributed by atoms with Gasteiger partial charge in [-0.3, -0.25) is 9.59 Å². The van der Waals surface area contributed by atoms with Crippen molar-refractivity contribution < 1.29 is 14.3 Å². The summed E-state index contributed by atoms with van der Waals surface area (Å²) in [5, 5.41) is 3.43. The highest BCUT2D eigenvalue weighted by Crippen LogP contribution is 2.66. The van der Waals surface area contributed by atoms with Crippen LogP contribution in [-0.4, -0.2) is 32.1 Å². The summed E-state index contributed by atoms with van der Waals surface area (Å²) in [5.74, 6) is 3.12. The first-order chi connectivity index (χ1) is 19.9. The molecule has 4 aliphatic carbocycles. The van der Waals surface area contributed by atoms with E-state index in [2.05, 4.69) is 76.3 Å². The van der Waals surface area contributed by atoms with E-state index in [4.69, 9.17) is 4.74 Å². The van der Waals surface area contributed by atoms with Gasteiger partial charge in [-0.1, -0.05) is 65.5 Å². The van der Waals surface area contributed by atoms with Gasteiger partial charge >= 0.3 is 5.97 Å². The van der Waals surface area contributed by atoms with Gasteiger partial charge in [0.05, 0.1) is 5.41 Å². The highest BCUT2D eigenvalue weighted by Gasteiger charge is 2.62. The Kier molecular flexibility index (Phi) is 9.08. The molecule has 4 aliphatic rings. The lowest BCUT2D eigenvalue weighted by Gasteiger charge is -2.61. The second-order valence-electron chi connectivity index (χ2n) is 15.8. The van der Waals surface area contributed by atoms with Gasteiger partial charge in [0, 0.05) is 38.7 Å². The Bertz CT molecular complexity index is 1110. The molecule has 0 aromatic heterocycles. The Labute approximate surface area is 255 Å². The van der Waals surface area contributed by atoms with Gasteiger partial charge < -0.3 is 15.0 Å². The molecule has 1 aromatic rings. The van der Waals surface area contributed by atoms with E-state index in [-0.39, 0.29) is 28.3 Å². The molecule has 4 saturated carbocycles. The molecule has 0 radical (unpaired) electrons. The van der Waals surface area contributed by atoms with Crippen LogP contribution in [-0.2, 0) is 20.9 Å². The normalized spacial score (nSPS) is 37.9. The van der Waals surface area contributed by atoms with E-state index in [0.717, 1.165) is 38.0 Å². The van der Waals surface area contributed by atoms with E-state index in [9.17, 15) is 9.59 Å². The first kappa shape index (κ1) is 31.4. The molecular weight excluding hydrogens is 520 g/mol. The van der Waals surface area contributed by atoms with Crippen molar-refractivity contribution in [3.05, 3.63) is 29.8 Å². The third-order valence-corrected chi connectivity index (χ3v) is 12.9. The number of hydrogen-bond donors (Lipinski definition) is 1. The largest absolute Gasteiger partial charge is 0.462 e. The van der Waals surface area contributed by atoms with E-state index in [1.165, 1.54) is 56.2 Å². The van der Waals surface area contributed by atoms with Crippen LogP contribution in [0.1, 0.15) is 117 Å². The van der Waals surface area contributed by atoms with E-state index in [0.29, 0.717) is 36.1 Å². The standard InChI is InChI=1S/C37H58N2O3/c1-25-10-8-11-29-30(36(5)22-20-33(42-26(2)40)35(3,4)32(36)18-13-25)19-23-37(21-9-12-31(29)37)34(41)38-24-27-14-16-28(17-15-27)39(6)7/h14-17,25,29-33H,8-13,18-24H2,1-7H3,(H,38,41). The Morgan fingerprint density at radius 2 is 1.62 bits per heavy atom. The molecule has 5 nitrogen and oxygen atoms in total. The van der Waals surface area contributed by atoms with E-state index in [1.807, 2.05) is 0 Å². The number of amides is 1. The number of anilines is 1. The maximum absolute atomic E-state index is 14.2. The van der Waals surface area contributed by atoms with Crippen LogP contribution in [0.4, 0.5) is 5.69 Å². The molecule has 8 atom stereocenters. The number of rotatable bonds is 5. The van der Waals surface area contributed by atoms with E-state index in [1.54, 1.807) is 6.92 Å². The minimum absolute atomic E-state index is 0.00324. The highest BCUT2D eigenvalue weighted by molar-refractivity contribution is 5.83. The van der Waals surface area contributed by atoms with Gasteiger partial charge in [0.15, 0.2) is 0 Å². The Morgan fingerprint density at radius 1 is 0.881 bits per heavy atom. The zero-order chi connectivity index (χ0) is 30.3. The van der Waals surface area contributed by atoms with Gasteiger partial charge in [-0.15, -0.1) is 0 Å². The molecular formula is C37H58N2O3. The first-order valence-electron chi connectivity index (χ1n) is 17.1. The summed E-state index contributed by atoms with van der Waals surface area (Å²) in [6, 6.07) is 8.57. The number of nitrogens with zero attached hydrogens (tertiary/aromatic N) is 1. The number of hydrogen-bond acceptors (Lipinski definition) is 4. The second-order valence-corrected chi connectivity index (χ2v) is 15.8. The topological polar surface area (TPSA) is 58.6 Å². The summed E-state index contributed by atoms with van der Waals surface area (Å²) in [6.07, 6.45) is 14.0. The van der Waals surface area contributed by atoms with Gasteiger partial charge in [-0.25, -0.2) is 0 Å². The first-order valence-corrected chi connectivity index (χ1v) is 17.1. The van der Waals surface area contributed by atoms with Crippen molar-refractivity contribution in [1.82, 2.24) is 5.32 Å². The van der Waals surface area contributed by atoms with Crippen LogP contribution in [0, 0.1) is 45.8 Å². The zero-order valence-corrected chi connectivity index (χ0v) is 27.6. The molecule has 4 fully saturated rings. The van der Waals surface area contributed by atoms with Crippen molar-refractivity contribution in [1.29, 1.82) is 0 Å². The molecule has 5 heteroatoms. The lowest BCUT2D eigenvalue weighted by atomic mass is 9.44. The Hall–Kier alpha value is -2.04. The number of esters is 1. The summed E-state index contributed by atoms with van der Waals surface area (Å²) in [5.41, 5.74) is 2.30. The lowest BCUT2D eigenvalue weighted by molar-refractivity contribution is -0.183.